The summed E-state index contributed by atoms with van der Waals surface area (Å²) in [5.74, 6) is -0.802. The summed E-state index contributed by atoms with van der Waals surface area (Å²) in [6.07, 6.45) is -1.32. The first-order valence-electron chi connectivity index (χ1n) is 12.0. The lowest BCUT2D eigenvalue weighted by atomic mass is 10.0. The van der Waals surface area contributed by atoms with Crippen molar-refractivity contribution in [3.05, 3.63) is 81.5 Å². The fourth-order valence-corrected chi connectivity index (χ4v) is 5.43. The number of alkyl halides is 2. The van der Waals surface area contributed by atoms with Crippen molar-refractivity contribution in [1.82, 2.24) is 14.8 Å². The van der Waals surface area contributed by atoms with Crippen molar-refractivity contribution >= 4 is 50.7 Å². The molecule has 13 heteroatoms. The molecule has 0 radical (unpaired) electrons. The van der Waals surface area contributed by atoms with Crippen molar-refractivity contribution in [2.24, 2.45) is 5.73 Å². The zero-order valence-electron chi connectivity index (χ0n) is 21.2. The van der Waals surface area contributed by atoms with Crippen LogP contribution in [0.3, 0.4) is 0 Å². The second kappa shape index (κ2) is 11.1. The Morgan fingerprint density at radius 3 is 2.67 bits per heavy atom. The van der Waals surface area contributed by atoms with Gasteiger partial charge in [-0.05, 0) is 49.7 Å². The monoisotopic (exact) mass is 585 g/mol. The standard InChI is InChI=1S/C27H22ClF2N5O4S/c1-3-35-13(2)16(11-32-35)15-10-18(24(29)30)33-27-21(15)22(23(40-27)25(31)36)34-26(37)20-9-8-14(39-20)12-38-19-7-5-4-6-17(19)28/h4-11,24H,3,12H2,1-2H3,(H2,31,36)(H,34,37). The Bertz CT molecular complexity index is 1750. The second-order valence-electron chi connectivity index (χ2n) is 8.64. The predicted molar refractivity (Wildman–Crippen MR) is 147 cm³/mol. The fraction of sp³-hybridized carbons (Fsp3) is 0.185. The summed E-state index contributed by atoms with van der Waals surface area (Å²) in [4.78, 5) is 29.8. The maximum Gasteiger partial charge on any atom is 0.291 e. The van der Waals surface area contributed by atoms with Gasteiger partial charge in [-0.3, -0.25) is 14.3 Å². The van der Waals surface area contributed by atoms with E-state index in [9.17, 15) is 18.4 Å². The van der Waals surface area contributed by atoms with Gasteiger partial charge in [-0.15, -0.1) is 11.3 Å². The SMILES string of the molecule is CCn1ncc(-c2cc(C(F)F)nc3sc(C(N)=O)c(NC(=O)c4ccc(COc5ccccc5Cl)o4)c23)c1C. The third-order valence-electron chi connectivity index (χ3n) is 6.15. The molecule has 4 heterocycles. The number of benzene rings is 1. The van der Waals surface area contributed by atoms with Crippen molar-refractivity contribution in [3.63, 3.8) is 0 Å². The van der Waals surface area contributed by atoms with Crippen LogP contribution >= 0.6 is 22.9 Å². The van der Waals surface area contributed by atoms with Gasteiger partial charge in [-0.2, -0.15) is 5.10 Å². The van der Waals surface area contributed by atoms with Crippen LogP contribution in [0.1, 0.15) is 50.7 Å². The number of carbonyl (C=O) groups excluding carboxylic acids is 2. The molecular formula is C27H22ClF2N5O4S. The average molecular weight is 586 g/mol. The van der Waals surface area contributed by atoms with Gasteiger partial charge in [0.15, 0.2) is 5.76 Å². The Hall–Kier alpha value is -4.29. The molecule has 0 atom stereocenters. The van der Waals surface area contributed by atoms with Gasteiger partial charge in [0.2, 0.25) is 0 Å². The Labute approximate surface area is 235 Å². The second-order valence-corrected chi connectivity index (χ2v) is 10.1. The van der Waals surface area contributed by atoms with Gasteiger partial charge in [0.25, 0.3) is 18.2 Å². The topological polar surface area (TPSA) is 125 Å². The molecule has 4 aromatic heterocycles. The number of nitrogens with one attached hydrogen (secondary N) is 1. The van der Waals surface area contributed by atoms with Crippen molar-refractivity contribution in [3.8, 4) is 16.9 Å². The third-order valence-corrected chi connectivity index (χ3v) is 7.56. The molecule has 206 valence electrons. The van der Waals surface area contributed by atoms with Crippen LogP contribution in [-0.2, 0) is 13.2 Å². The summed E-state index contributed by atoms with van der Waals surface area (Å²) in [5.41, 5.74) is 6.80. The number of thiophene rings is 1. The van der Waals surface area contributed by atoms with Gasteiger partial charge in [0.1, 0.15) is 33.5 Å². The van der Waals surface area contributed by atoms with Crippen LogP contribution in [0.2, 0.25) is 5.02 Å². The number of hydrogen-bond acceptors (Lipinski definition) is 7. The minimum absolute atomic E-state index is 0.0100. The molecule has 5 rings (SSSR count). The number of pyridine rings is 1. The molecule has 5 aromatic rings. The maximum atomic E-state index is 13.8. The fourth-order valence-electron chi connectivity index (χ4n) is 4.23. The van der Waals surface area contributed by atoms with Crippen LogP contribution < -0.4 is 15.8 Å². The van der Waals surface area contributed by atoms with E-state index >= 15 is 0 Å². The molecule has 3 N–H and O–H groups in total. The molecule has 0 fully saturated rings. The molecule has 0 saturated carbocycles. The lowest BCUT2D eigenvalue weighted by Gasteiger charge is -2.10. The Morgan fingerprint density at radius 1 is 1.23 bits per heavy atom. The average Bonchev–Trinajstić information content (AvgIpc) is 3.65. The van der Waals surface area contributed by atoms with Gasteiger partial charge in [0, 0.05) is 23.2 Å². The Kier molecular flexibility index (Phi) is 7.55. The van der Waals surface area contributed by atoms with E-state index in [1.165, 1.54) is 12.1 Å². The van der Waals surface area contributed by atoms with Crippen molar-refractivity contribution < 1.29 is 27.5 Å². The van der Waals surface area contributed by atoms with E-state index in [4.69, 9.17) is 26.5 Å². The number of halogens is 3. The Morgan fingerprint density at radius 2 is 2.00 bits per heavy atom. The van der Waals surface area contributed by atoms with Crippen LogP contribution in [0, 0.1) is 6.92 Å². The number of nitrogens with two attached hydrogens (primary N) is 1. The van der Waals surface area contributed by atoms with Crippen molar-refractivity contribution in [2.45, 2.75) is 33.4 Å². The van der Waals surface area contributed by atoms with Gasteiger partial charge < -0.3 is 20.2 Å². The lowest BCUT2D eigenvalue weighted by Crippen LogP contribution is -2.16. The molecule has 2 amide bonds. The number of nitrogens with zero attached hydrogens (tertiary/aromatic N) is 3. The molecule has 0 aliphatic rings. The third kappa shape index (κ3) is 5.15. The molecule has 0 aliphatic carbocycles. The number of fused-ring (bicyclic) bond motifs is 1. The lowest BCUT2D eigenvalue weighted by molar-refractivity contribution is 0.0992. The number of rotatable bonds is 9. The molecule has 0 spiro atoms. The first-order valence-corrected chi connectivity index (χ1v) is 13.2. The summed E-state index contributed by atoms with van der Waals surface area (Å²) < 4.78 is 40.6. The highest BCUT2D eigenvalue weighted by Crippen LogP contribution is 2.43. The summed E-state index contributed by atoms with van der Waals surface area (Å²) in [6.45, 7) is 4.27. The van der Waals surface area contributed by atoms with Crippen LogP contribution in [0.4, 0.5) is 14.5 Å². The van der Waals surface area contributed by atoms with Crippen molar-refractivity contribution in [2.75, 3.05) is 5.32 Å². The number of ether oxygens (including phenoxy) is 1. The van der Waals surface area contributed by atoms with Gasteiger partial charge in [-0.25, -0.2) is 13.8 Å². The van der Waals surface area contributed by atoms with E-state index in [-0.39, 0.29) is 27.8 Å². The minimum Gasteiger partial charge on any atom is -0.484 e. The highest BCUT2D eigenvalue weighted by atomic mass is 35.5. The number of para-hydroxylation sites is 1. The van der Waals surface area contributed by atoms with Gasteiger partial charge in [0.05, 0.1) is 16.9 Å². The number of hydrogen-bond donors (Lipinski definition) is 2. The highest BCUT2D eigenvalue weighted by Gasteiger charge is 2.27. The molecule has 9 nitrogen and oxygen atoms in total. The number of primary amides is 1. The Balaban J connectivity index is 1.53. The normalized spacial score (nSPS) is 11.3. The summed E-state index contributed by atoms with van der Waals surface area (Å²) in [5, 5.41) is 7.73. The molecule has 0 unspecified atom stereocenters. The molecule has 1 aromatic carbocycles. The minimum atomic E-state index is -2.86. The molecule has 0 saturated heterocycles. The molecular weight excluding hydrogens is 564 g/mol. The van der Waals surface area contributed by atoms with E-state index in [0.717, 1.165) is 11.3 Å². The van der Waals surface area contributed by atoms with Crippen molar-refractivity contribution in [1.29, 1.82) is 0 Å². The van der Waals surface area contributed by atoms with E-state index in [2.05, 4.69) is 15.4 Å². The van der Waals surface area contributed by atoms with Crippen LogP contribution in [-0.4, -0.2) is 26.6 Å². The van der Waals surface area contributed by atoms with E-state index in [1.54, 1.807) is 48.1 Å². The number of amides is 2. The number of carbonyl (C=O) groups is 2. The molecule has 40 heavy (non-hydrogen) atoms. The maximum absolute atomic E-state index is 13.8. The van der Waals surface area contributed by atoms with Crippen LogP contribution in [0.25, 0.3) is 21.3 Å². The summed E-state index contributed by atoms with van der Waals surface area (Å²) in [6, 6.07) is 11.2. The first kappa shape index (κ1) is 27.3. The van der Waals surface area contributed by atoms with E-state index in [0.29, 0.717) is 45.3 Å². The quantitative estimate of drug-likeness (QED) is 0.201. The van der Waals surface area contributed by atoms with Gasteiger partial charge in [-0.1, -0.05) is 23.7 Å². The number of furan rings is 1. The van der Waals surface area contributed by atoms with Crippen LogP contribution in [0.5, 0.6) is 5.75 Å². The first-order chi connectivity index (χ1) is 19.2. The summed E-state index contributed by atoms with van der Waals surface area (Å²) in [7, 11) is 0. The smallest absolute Gasteiger partial charge is 0.291 e. The zero-order chi connectivity index (χ0) is 28.6. The molecule has 0 aliphatic heterocycles. The predicted octanol–water partition coefficient (Wildman–Crippen LogP) is 6.60. The van der Waals surface area contributed by atoms with Crippen LogP contribution in [0.15, 0.2) is 53.1 Å². The summed E-state index contributed by atoms with van der Waals surface area (Å²) >= 11 is 6.92. The number of aromatic nitrogens is 3. The molecule has 0 bridgehead atoms. The number of aryl methyl sites for hydroxylation is 1. The van der Waals surface area contributed by atoms with Gasteiger partial charge >= 0.3 is 0 Å². The van der Waals surface area contributed by atoms with E-state index in [1.807, 2.05) is 6.92 Å². The van der Waals surface area contributed by atoms with E-state index < -0.39 is 23.9 Å². The zero-order valence-corrected chi connectivity index (χ0v) is 22.8. The highest BCUT2D eigenvalue weighted by molar-refractivity contribution is 7.21. The number of anilines is 1. The largest absolute Gasteiger partial charge is 0.484 e.